The van der Waals surface area contributed by atoms with Gasteiger partial charge < -0.3 is 5.32 Å². The van der Waals surface area contributed by atoms with Crippen LogP contribution in [-0.4, -0.2) is 36.8 Å². The Labute approximate surface area is 128 Å². The van der Waals surface area contributed by atoms with Crippen LogP contribution in [-0.2, 0) is 10.0 Å². The van der Waals surface area contributed by atoms with Crippen molar-refractivity contribution in [2.24, 2.45) is 0 Å². The maximum atomic E-state index is 12.4. The third-order valence-electron chi connectivity index (χ3n) is 2.82. The second kappa shape index (κ2) is 5.97. The fourth-order valence-corrected chi connectivity index (χ4v) is 2.95. The van der Waals surface area contributed by atoms with Gasteiger partial charge in [0.25, 0.3) is 0 Å². The normalized spacial score (nSPS) is 11.7. The minimum atomic E-state index is -3.58. The number of rotatable bonds is 4. The molecule has 0 aliphatic rings. The lowest BCUT2D eigenvalue weighted by Crippen LogP contribution is -2.23. The second-order valence-corrected chi connectivity index (χ2v) is 7.16. The summed E-state index contributed by atoms with van der Waals surface area (Å²) >= 11 is 5.99. The Balaban J connectivity index is 2.53. The van der Waals surface area contributed by atoms with Crippen LogP contribution in [0.1, 0.15) is 5.56 Å². The molecule has 0 saturated heterocycles. The van der Waals surface area contributed by atoms with Gasteiger partial charge >= 0.3 is 0 Å². The first kappa shape index (κ1) is 15.7. The summed E-state index contributed by atoms with van der Waals surface area (Å²) < 4.78 is 26.0. The van der Waals surface area contributed by atoms with E-state index in [1.807, 2.05) is 13.0 Å². The van der Waals surface area contributed by atoms with E-state index in [4.69, 9.17) is 11.6 Å². The van der Waals surface area contributed by atoms with Crippen molar-refractivity contribution >= 4 is 33.1 Å². The Morgan fingerprint density at radius 1 is 1.29 bits per heavy atom. The summed E-state index contributed by atoms with van der Waals surface area (Å²) in [5.41, 5.74) is 1.25. The highest BCUT2D eigenvalue weighted by Gasteiger charge is 2.22. The molecule has 8 heteroatoms. The van der Waals surface area contributed by atoms with Crippen molar-refractivity contribution < 1.29 is 8.42 Å². The van der Waals surface area contributed by atoms with Gasteiger partial charge in [-0.25, -0.2) is 22.7 Å². The number of halogens is 1. The highest BCUT2D eigenvalue weighted by Crippen LogP contribution is 2.29. The summed E-state index contributed by atoms with van der Waals surface area (Å²) in [5.74, 6) is 0.353. The zero-order valence-electron chi connectivity index (χ0n) is 11.8. The Kier molecular flexibility index (Phi) is 4.46. The number of benzene rings is 1. The second-order valence-electron chi connectivity index (χ2n) is 4.63. The van der Waals surface area contributed by atoms with E-state index < -0.39 is 10.0 Å². The average molecular weight is 327 g/mol. The molecule has 0 atom stereocenters. The van der Waals surface area contributed by atoms with Crippen LogP contribution in [0.15, 0.2) is 35.6 Å². The maximum Gasteiger partial charge on any atom is 0.244 e. The summed E-state index contributed by atoms with van der Waals surface area (Å²) in [6, 6.07) is 5.10. The SMILES string of the molecule is Cc1ccc(Nc2ncncc2Cl)c(S(=O)(=O)N(C)C)c1. The van der Waals surface area contributed by atoms with Crippen LogP contribution in [0.25, 0.3) is 0 Å². The van der Waals surface area contributed by atoms with E-state index in [0.717, 1.165) is 9.87 Å². The monoisotopic (exact) mass is 326 g/mol. The third-order valence-corrected chi connectivity index (χ3v) is 4.95. The topological polar surface area (TPSA) is 75.2 Å². The Morgan fingerprint density at radius 2 is 2.00 bits per heavy atom. The van der Waals surface area contributed by atoms with Crippen LogP contribution in [0.2, 0.25) is 5.02 Å². The Morgan fingerprint density at radius 3 is 2.62 bits per heavy atom. The van der Waals surface area contributed by atoms with Gasteiger partial charge in [0.05, 0.1) is 11.9 Å². The lowest BCUT2D eigenvalue weighted by molar-refractivity contribution is 0.521. The number of nitrogens with zero attached hydrogens (tertiary/aromatic N) is 3. The van der Waals surface area contributed by atoms with Gasteiger partial charge in [-0.2, -0.15) is 0 Å². The molecule has 0 fully saturated rings. The van der Waals surface area contributed by atoms with Crippen LogP contribution in [0.5, 0.6) is 0 Å². The first-order valence-electron chi connectivity index (χ1n) is 6.08. The molecule has 6 nitrogen and oxygen atoms in total. The number of nitrogens with one attached hydrogen (secondary N) is 1. The molecular weight excluding hydrogens is 312 g/mol. The van der Waals surface area contributed by atoms with Crippen LogP contribution in [0.4, 0.5) is 11.5 Å². The van der Waals surface area contributed by atoms with Crippen molar-refractivity contribution in [1.82, 2.24) is 14.3 Å². The van der Waals surface area contributed by atoms with E-state index in [0.29, 0.717) is 16.5 Å². The summed E-state index contributed by atoms with van der Waals surface area (Å²) in [6.45, 7) is 1.83. The third kappa shape index (κ3) is 3.31. The van der Waals surface area contributed by atoms with Crippen LogP contribution >= 0.6 is 11.6 Å². The molecule has 21 heavy (non-hydrogen) atoms. The molecule has 1 aromatic carbocycles. The Hall–Kier alpha value is -1.70. The van der Waals surface area contributed by atoms with Crippen LogP contribution in [0, 0.1) is 6.92 Å². The van der Waals surface area contributed by atoms with E-state index in [1.165, 1.54) is 26.6 Å². The zero-order chi connectivity index (χ0) is 15.6. The van der Waals surface area contributed by atoms with E-state index in [2.05, 4.69) is 15.3 Å². The number of hydrogen-bond acceptors (Lipinski definition) is 5. The van der Waals surface area contributed by atoms with Crippen molar-refractivity contribution in [2.45, 2.75) is 11.8 Å². The van der Waals surface area contributed by atoms with E-state index in [-0.39, 0.29) is 4.90 Å². The highest BCUT2D eigenvalue weighted by molar-refractivity contribution is 7.89. The molecule has 0 amide bonds. The summed E-state index contributed by atoms with van der Waals surface area (Å²) in [4.78, 5) is 7.96. The van der Waals surface area contributed by atoms with Gasteiger partial charge in [0.2, 0.25) is 10.0 Å². The van der Waals surface area contributed by atoms with Gasteiger partial charge in [0.15, 0.2) is 5.82 Å². The van der Waals surface area contributed by atoms with Gasteiger partial charge in [-0.15, -0.1) is 0 Å². The van der Waals surface area contributed by atoms with E-state index in [9.17, 15) is 8.42 Å². The average Bonchev–Trinajstić information content (AvgIpc) is 2.43. The van der Waals surface area contributed by atoms with Gasteiger partial charge in [0, 0.05) is 14.1 Å². The molecule has 2 aromatic rings. The fourth-order valence-electron chi connectivity index (χ4n) is 1.68. The highest BCUT2D eigenvalue weighted by atomic mass is 35.5. The number of aryl methyl sites for hydroxylation is 1. The minimum absolute atomic E-state index is 0.169. The predicted octanol–water partition coefficient (Wildman–Crippen LogP) is 2.43. The van der Waals surface area contributed by atoms with Crippen molar-refractivity contribution in [3.63, 3.8) is 0 Å². The molecule has 112 valence electrons. The Bertz CT molecular complexity index is 763. The van der Waals surface area contributed by atoms with Crippen molar-refractivity contribution in [1.29, 1.82) is 0 Å². The van der Waals surface area contributed by atoms with Crippen LogP contribution < -0.4 is 5.32 Å². The molecule has 0 bridgehead atoms. The number of hydrogen-bond donors (Lipinski definition) is 1. The number of aromatic nitrogens is 2. The van der Waals surface area contributed by atoms with E-state index >= 15 is 0 Å². The molecular formula is C13H15ClN4O2S. The van der Waals surface area contributed by atoms with Crippen molar-refractivity contribution in [2.75, 3.05) is 19.4 Å². The minimum Gasteiger partial charge on any atom is -0.338 e. The lowest BCUT2D eigenvalue weighted by atomic mass is 10.2. The molecule has 1 heterocycles. The first-order valence-corrected chi connectivity index (χ1v) is 7.90. The molecule has 2 rings (SSSR count). The van der Waals surface area contributed by atoms with Crippen molar-refractivity contribution in [3.8, 4) is 0 Å². The predicted molar refractivity (Wildman–Crippen MR) is 82.4 cm³/mol. The molecule has 1 N–H and O–H groups in total. The van der Waals surface area contributed by atoms with Crippen LogP contribution in [0.3, 0.4) is 0 Å². The molecule has 1 aromatic heterocycles. The molecule has 0 aliphatic heterocycles. The van der Waals surface area contributed by atoms with E-state index in [1.54, 1.807) is 12.1 Å². The maximum absolute atomic E-state index is 12.4. The number of anilines is 2. The standard InChI is InChI=1S/C13H15ClN4O2S/c1-9-4-5-11(12(6-9)21(19,20)18(2)3)17-13-10(14)7-15-8-16-13/h4-8H,1-3H3,(H,15,16,17). The molecule has 0 aliphatic carbocycles. The van der Waals surface area contributed by atoms with Crippen molar-refractivity contribution in [3.05, 3.63) is 41.3 Å². The lowest BCUT2D eigenvalue weighted by Gasteiger charge is -2.17. The zero-order valence-corrected chi connectivity index (χ0v) is 13.4. The molecule has 0 spiro atoms. The summed E-state index contributed by atoms with van der Waals surface area (Å²) in [7, 11) is -0.608. The van der Waals surface area contributed by atoms with Gasteiger partial charge in [0.1, 0.15) is 16.2 Å². The molecule has 0 radical (unpaired) electrons. The molecule has 0 unspecified atom stereocenters. The smallest absolute Gasteiger partial charge is 0.244 e. The summed E-state index contributed by atoms with van der Waals surface area (Å²) in [5, 5.41) is 3.25. The summed E-state index contributed by atoms with van der Waals surface area (Å²) in [6.07, 6.45) is 2.77. The number of sulfonamides is 1. The van der Waals surface area contributed by atoms with Gasteiger partial charge in [-0.1, -0.05) is 17.7 Å². The fraction of sp³-hybridized carbons (Fsp3) is 0.231. The van der Waals surface area contributed by atoms with Gasteiger partial charge in [-0.05, 0) is 24.6 Å². The van der Waals surface area contributed by atoms with Gasteiger partial charge in [-0.3, -0.25) is 0 Å². The largest absolute Gasteiger partial charge is 0.338 e. The molecule has 0 saturated carbocycles. The quantitative estimate of drug-likeness (QED) is 0.934. The first-order chi connectivity index (χ1) is 9.82.